The minimum absolute atomic E-state index is 0.235. The molecule has 1 saturated carbocycles. The van der Waals surface area contributed by atoms with Gasteiger partial charge in [0.25, 0.3) is 0 Å². The molecule has 0 spiro atoms. The second-order valence-electron chi connectivity index (χ2n) is 7.53. The Balaban J connectivity index is 1.45. The normalized spacial score (nSPS) is 29.3. The lowest BCUT2D eigenvalue weighted by molar-refractivity contribution is -0.135. The fourth-order valence-electron chi connectivity index (χ4n) is 4.43. The van der Waals surface area contributed by atoms with Crippen LogP contribution in [-0.2, 0) is 4.79 Å². The van der Waals surface area contributed by atoms with Crippen LogP contribution in [0.3, 0.4) is 0 Å². The molecule has 3 rings (SSSR count). The number of nitrogens with zero attached hydrogens (tertiary/aromatic N) is 2. The summed E-state index contributed by atoms with van der Waals surface area (Å²) in [5, 5.41) is 3.38. The van der Waals surface area contributed by atoms with E-state index >= 15 is 0 Å². The van der Waals surface area contributed by atoms with E-state index in [9.17, 15) is 4.79 Å². The molecule has 0 radical (unpaired) electrons. The summed E-state index contributed by atoms with van der Waals surface area (Å²) in [6, 6.07) is 0. The maximum atomic E-state index is 12.7. The van der Waals surface area contributed by atoms with Gasteiger partial charge < -0.3 is 15.1 Å². The lowest BCUT2D eigenvalue weighted by Gasteiger charge is -2.30. The van der Waals surface area contributed by atoms with Gasteiger partial charge in [-0.25, -0.2) is 0 Å². The van der Waals surface area contributed by atoms with E-state index in [4.69, 9.17) is 0 Å². The van der Waals surface area contributed by atoms with E-state index in [1.54, 1.807) is 0 Å². The third-order valence-electron chi connectivity index (χ3n) is 5.79. The predicted molar refractivity (Wildman–Crippen MR) is 89.8 cm³/mol. The number of hydrogen-bond donors (Lipinski definition) is 1. The highest BCUT2D eigenvalue weighted by molar-refractivity contribution is 5.79. The first-order chi connectivity index (χ1) is 10.8. The van der Waals surface area contributed by atoms with Crippen molar-refractivity contribution in [3.05, 3.63) is 0 Å². The number of piperidine rings is 1. The van der Waals surface area contributed by atoms with Gasteiger partial charge >= 0.3 is 0 Å². The molecule has 2 aliphatic heterocycles. The van der Waals surface area contributed by atoms with Gasteiger partial charge in [-0.05, 0) is 51.1 Å². The Bertz CT molecular complexity index is 348. The number of carbonyl (C=O) groups is 1. The van der Waals surface area contributed by atoms with Crippen LogP contribution in [0.15, 0.2) is 0 Å². The van der Waals surface area contributed by atoms with E-state index in [1.165, 1.54) is 45.2 Å². The molecule has 0 aromatic heterocycles. The number of hydrogen-bond acceptors (Lipinski definition) is 3. The molecular formula is C18H33N3O. The van der Waals surface area contributed by atoms with E-state index in [0.717, 1.165) is 57.9 Å². The minimum atomic E-state index is 0.235. The zero-order valence-electron chi connectivity index (χ0n) is 14.1. The van der Waals surface area contributed by atoms with Crippen molar-refractivity contribution in [2.45, 2.75) is 51.4 Å². The van der Waals surface area contributed by atoms with E-state index in [0.29, 0.717) is 5.91 Å². The van der Waals surface area contributed by atoms with Gasteiger partial charge in [0.2, 0.25) is 5.91 Å². The van der Waals surface area contributed by atoms with Gasteiger partial charge in [0, 0.05) is 32.7 Å². The Morgan fingerprint density at radius 3 is 2.55 bits per heavy atom. The molecular weight excluding hydrogens is 274 g/mol. The summed E-state index contributed by atoms with van der Waals surface area (Å²) in [5.41, 5.74) is 0. The molecule has 1 N–H and O–H groups in total. The topological polar surface area (TPSA) is 35.6 Å². The average Bonchev–Trinajstić information content (AvgIpc) is 2.82. The molecule has 1 atom stereocenters. The van der Waals surface area contributed by atoms with Crippen molar-refractivity contribution in [3.63, 3.8) is 0 Å². The first-order valence-electron chi connectivity index (χ1n) is 9.55. The van der Waals surface area contributed by atoms with Crippen molar-refractivity contribution in [1.29, 1.82) is 0 Å². The molecule has 3 fully saturated rings. The summed E-state index contributed by atoms with van der Waals surface area (Å²) in [7, 11) is 0. The Morgan fingerprint density at radius 1 is 0.909 bits per heavy atom. The van der Waals surface area contributed by atoms with Gasteiger partial charge in [-0.15, -0.1) is 0 Å². The van der Waals surface area contributed by atoms with Crippen LogP contribution in [0, 0.1) is 11.8 Å². The Hall–Kier alpha value is -0.610. The molecule has 4 heteroatoms. The van der Waals surface area contributed by atoms with Crippen molar-refractivity contribution < 1.29 is 4.79 Å². The zero-order chi connectivity index (χ0) is 15.2. The van der Waals surface area contributed by atoms with E-state index in [2.05, 4.69) is 15.1 Å². The van der Waals surface area contributed by atoms with Crippen LogP contribution in [0.25, 0.3) is 0 Å². The SMILES string of the molecule is O=C(C1CCCNC1)N1CCCN(CC2CCCCC2)CC1. The van der Waals surface area contributed by atoms with Crippen molar-refractivity contribution in [2.75, 3.05) is 45.8 Å². The summed E-state index contributed by atoms with van der Waals surface area (Å²) in [6.45, 7) is 7.43. The molecule has 2 heterocycles. The number of rotatable bonds is 3. The quantitative estimate of drug-likeness (QED) is 0.867. The molecule has 1 aliphatic carbocycles. The van der Waals surface area contributed by atoms with Crippen LogP contribution in [0.4, 0.5) is 0 Å². The van der Waals surface area contributed by atoms with Crippen molar-refractivity contribution in [1.82, 2.24) is 15.1 Å². The average molecular weight is 307 g/mol. The number of carbonyl (C=O) groups excluding carboxylic acids is 1. The molecule has 22 heavy (non-hydrogen) atoms. The molecule has 1 unspecified atom stereocenters. The minimum Gasteiger partial charge on any atom is -0.341 e. The van der Waals surface area contributed by atoms with Crippen molar-refractivity contribution >= 4 is 5.91 Å². The van der Waals surface area contributed by atoms with Crippen LogP contribution < -0.4 is 5.32 Å². The zero-order valence-corrected chi connectivity index (χ0v) is 14.1. The smallest absolute Gasteiger partial charge is 0.227 e. The van der Waals surface area contributed by atoms with E-state index < -0.39 is 0 Å². The molecule has 4 nitrogen and oxygen atoms in total. The van der Waals surface area contributed by atoms with E-state index in [-0.39, 0.29) is 5.92 Å². The molecule has 3 aliphatic rings. The summed E-state index contributed by atoms with van der Waals surface area (Å²) in [4.78, 5) is 17.4. The molecule has 0 aromatic carbocycles. The van der Waals surface area contributed by atoms with Crippen LogP contribution in [0.2, 0.25) is 0 Å². The van der Waals surface area contributed by atoms with Crippen molar-refractivity contribution in [3.8, 4) is 0 Å². The van der Waals surface area contributed by atoms with Crippen LogP contribution in [0.5, 0.6) is 0 Å². The van der Waals surface area contributed by atoms with E-state index in [1.807, 2.05) is 0 Å². The third-order valence-corrected chi connectivity index (χ3v) is 5.79. The van der Waals surface area contributed by atoms with Crippen molar-refractivity contribution in [2.24, 2.45) is 11.8 Å². The predicted octanol–water partition coefficient (Wildman–Crippen LogP) is 2.10. The van der Waals surface area contributed by atoms with Crippen LogP contribution in [0.1, 0.15) is 51.4 Å². The fourth-order valence-corrected chi connectivity index (χ4v) is 4.43. The highest BCUT2D eigenvalue weighted by atomic mass is 16.2. The monoisotopic (exact) mass is 307 g/mol. The Morgan fingerprint density at radius 2 is 1.77 bits per heavy atom. The maximum Gasteiger partial charge on any atom is 0.227 e. The number of amides is 1. The lowest BCUT2D eigenvalue weighted by atomic mass is 9.89. The van der Waals surface area contributed by atoms with Gasteiger partial charge in [0.1, 0.15) is 0 Å². The molecule has 0 aromatic rings. The standard InChI is InChI=1S/C18H33N3O/c22-18(17-8-4-9-19-14-17)21-11-5-10-20(12-13-21)15-16-6-2-1-3-7-16/h16-17,19H,1-15H2. The number of nitrogens with one attached hydrogen (secondary N) is 1. The summed E-state index contributed by atoms with van der Waals surface area (Å²) in [6.07, 6.45) is 10.5. The van der Waals surface area contributed by atoms with Crippen LogP contribution in [-0.4, -0.2) is 61.5 Å². The highest BCUT2D eigenvalue weighted by Gasteiger charge is 2.27. The first kappa shape index (κ1) is 16.3. The summed E-state index contributed by atoms with van der Waals surface area (Å²) < 4.78 is 0. The summed E-state index contributed by atoms with van der Waals surface area (Å²) in [5.74, 6) is 1.56. The fraction of sp³-hybridized carbons (Fsp3) is 0.944. The highest BCUT2D eigenvalue weighted by Crippen LogP contribution is 2.25. The third kappa shape index (κ3) is 4.45. The van der Waals surface area contributed by atoms with Gasteiger partial charge in [-0.2, -0.15) is 0 Å². The second-order valence-corrected chi connectivity index (χ2v) is 7.53. The Kier molecular flexibility index (Phi) is 6.13. The van der Waals surface area contributed by atoms with Gasteiger partial charge in [0.15, 0.2) is 0 Å². The second kappa shape index (κ2) is 8.30. The molecule has 0 bridgehead atoms. The maximum absolute atomic E-state index is 12.7. The van der Waals surface area contributed by atoms with Gasteiger partial charge in [0.05, 0.1) is 5.92 Å². The Labute approximate surface area is 135 Å². The van der Waals surface area contributed by atoms with Crippen LogP contribution >= 0.6 is 0 Å². The lowest BCUT2D eigenvalue weighted by Crippen LogP contribution is -2.44. The summed E-state index contributed by atoms with van der Waals surface area (Å²) >= 11 is 0. The molecule has 126 valence electrons. The molecule has 1 amide bonds. The largest absolute Gasteiger partial charge is 0.341 e. The van der Waals surface area contributed by atoms with Gasteiger partial charge in [-0.3, -0.25) is 4.79 Å². The van der Waals surface area contributed by atoms with Gasteiger partial charge in [-0.1, -0.05) is 19.3 Å². The first-order valence-corrected chi connectivity index (χ1v) is 9.55. The molecule has 2 saturated heterocycles.